The van der Waals surface area contributed by atoms with Crippen LogP contribution in [-0.2, 0) is 6.54 Å². The Morgan fingerprint density at radius 2 is 1.89 bits per heavy atom. The Morgan fingerprint density at radius 1 is 1.06 bits per heavy atom. The molecule has 1 aromatic heterocycles. The molecule has 0 atom stereocenters. The minimum Gasteiger partial charge on any atom is -0.343 e. The predicted octanol–water partition coefficient (Wildman–Crippen LogP) is 4.48. The van der Waals surface area contributed by atoms with Crippen molar-refractivity contribution in [3.05, 3.63) is 71.1 Å². The van der Waals surface area contributed by atoms with Crippen molar-refractivity contribution < 1.29 is 4.39 Å². The monoisotopic (exact) mass is 259 g/mol. The summed E-state index contributed by atoms with van der Waals surface area (Å²) < 4.78 is 15.2. The van der Waals surface area contributed by atoms with E-state index in [4.69, 9.17) is 11.6 Å². The van der Waals surface area contributed by atoms with Crippen LogP contribution in [0.3, 0.4) is 0 Å². The van der Waals surface area contributed by atoms with E-state index in [-0.39, 0.29) is 5.82 Å². The van der Waals surface area contributed by atoms with E-state index in [2.05, 4.69) is 4.57 Å². The molecule has 18 heavy (non-hydrogen) atoms. The molecule has 3 heteroatoms. The smallest absolute Gasteiger partial charge is 0.123 e. The highest BCUT2D eigenvalue weighted by atomic mass is 35.5. The van der Waals surface area contributed by atoms with Crippen molar-refractivity contribution in [2.45, 2.75) is 6.54 Å². The number of fused-ring (bicyclic) bond motifs is 1. The molecule has 0 N–H and O–H groups in total. The van der Waals surface area contributed by atoms with Crippen LogP contribution in [0, 0.1) is 5.82 Å². The Labute approximate surface area is 109 Å². The van der Waals surface area contributed by atoms with Gasteiger partial charge in [-0.15, -0.1) is 0 Å². The molecule has 0 radical (unpaired) electrons. The third kappa shape index (κ3) is 2.00. The summed E-state index contributed by atoms with van der Waals surface area (Å²) in [7, 11) is 0. The van der Waals surface area contributed by atoms with Gasteiger partial charge in [-0.25, -0.2) is 4.39 Å². The van der Waals surface area contributed by atoms with Crippen molar-refractivity contribution in [1.82, 2.24) is 4.57 Å². The van der Waals surface area contributed by atoms with Crippen LogP contribution in [0.4, 0.5) is 4.39 Å². The zero-order chi connectivity index (χ0) is 12.5. The van der Waals surface area contributed by atoms with E-state index >= 15 is 0 Å². The van der Waals surface area contributed by atoms with Crippen molar-refractivity contribution >= 4 is 22.5 Å². The van der Waals surface area contributed by atoms with Gasteiger partial charge in [0.05, 0.1) is 0 Å². The summed E-state index contributed by atoms with van der Waals surface area (Å²) in [5.41, 5.74) is 2.07. The third-order valence-electron chi connectivity index (χ3n) is 3.03. The lowest BCUT2D eigenvalue weighted by Crippen LogP contribution is -1.98. The number of halogens is 2. The van der Waals surface area contributed by atoms with Gasteiger partial charge in [-0.05, 0) is 35.9 Å². The first-order valence-electron chi connectivity index (χ1n) is 5.72. The van der Waals surface area contributed by atoms with Crippen LogP contribution in [0.15, 0.2) is 54.7 Å². The highest BCUT2D eigenvalue weighted by Gasteiger charge is 2.04. The summed E-state index contributed by atoms with van der Waals surface area (Å²) in [5, 5.41) is 1.66. The number of hydrogen-bond donors (Lipinski definition) is 0. The molecule has 0 aliphatic heterocycles. The molecule has 0 fully saturated rings. The second-order valence-electron chi connectivity index (χ2n) is 4.24. The zero-order valence-electron chi connectivity index (χ0n) is 9.61. The standard InChI is InChI=1S/C15H11ClFN/c16-14-4-2-1-3-12(14)10-18-8-7-11-9-13(17)5-6-15(11)18/h1-9H,10H2. The molecule has 1 heterocycles. The highest BCUT2D eigenvalue weighted by molar-refractivity contribution is 6.31. The summed E-state index contributed by atoms with van der Waals surface area (Å²) in [6, 6.07) is 14.5. The Balaban J connectivity index is 2.03. The topological polar surface area (TPSA) is 4.93 Å². The molecule has 3 rings (SSSR count). The number of nitrogens with zero attached hydrogens (tertiary/aromatic N) is 1. The highest BCUT2D eigenvalue weighted by Crippen LogP contribution is 2.21. The average Bonchev–Trinajstić information content (AvgIpc) is 2.74. The van der Waals surface area contributed by atoms with Crippen LogP contribution in [0.1, 0.15) is 5.56 Å². The van der Waals surface area contributed by atoms with Gasteiger partial charge in [-0.2, -0.15) is 0 Å². The van der Waals surface area contributed by atoms with E-state index in [1.165, 1.54) is 6.07 Å². The van der Waals surface area contributed by atoms with E-state index in [1.54, 1.807) is 12.1 Å². The van der Waals surface area contributed by atoms with Crippen molar-refractivity contribution in [3.63, 3.8) is 0 Å². The molecule has 0 amide bonds. The molecular weight excluding hydrogens is 249 g/mol. The summed E-state index contributed by atoms with van der Waals surface area (Å²) in [6.07, 6.45) is 1.95. The molecule has 0 spiro atoms. The fourth-order valence-corrected chi connectivity index (χ4v) is 2.31. The molecule has 3 aromatic rings. The normalized spacial score (nSPS) is 11.0. The molecule has 0 aliphatic rings. The first-order valence-corrected chi connectivity index (χ1v) is 6.09. The molecule has 0 bridgehead atoms. The second kappa shape index (κ2) is 4.46. The number of benzene rings is 2. The van der Waals surface area contributed by atoms with Gasteiger partial charge >= 0.3 is 0 Å². The molecule has 0 saturated carbocycles. The molecule has 2 aromatic carbocycles. The molecule has 0 aliphatic carbocycles. The third-order valence-corrected chi connectivity index (χ3v) is 3.40. The van der Waals surface area contributed by atoms with Crippen molar-refractivity contribution in [3.8, 4) is 0 Å². The summed E-state index contributed by atoms with van der Waals surface area (Å²) in [5.74, 6) is -0.210. The van der Waals surface area contributed by atoms with E-state index in [9.17, 15) is 4.39 Å². The largest absolute Gasteiger partial charge is 0.343 e. The molecule has 0 saturated heterocycles. The average molecular weight is 260 g/mol. The van der Waals surface area contributed by atoms with Crippen molar-refractivity contribution in [2.75, 3.05) is 0 Å². The molecule has 90 valence electrons. The molecule has 0 unspecified atom stereocenters. The second-order valence-corrected chi connectivity index (χ2v) is 4.65. The summed E-state index contributed by atoms with van der Waals surface area (Å²) >= 11 is 6.14. The summed E-state index contributed by atoms with van der Waals surface area (Å²) in [6.45, 7) is 0.689. The number of hydrogen-bond acceptors (Lipinski definition) is 0. The Kier molecular flexibility index (Phi) is 2.80. The fourth-order valence-electron chi connectivity index (χ4n) is 2.12. The van der Waals surface area contributed by atoms with Gasteiger partial charge in [0.15, 0.2) is 0 Å². The van der Waals surface area contributed by atoms with E-state index in [0.29, 0.717) is 6.54 Å². The maximum Gasteiger partial charge on any atom is 0.123 e. The molecular formula is C15H11ClFN. The van der Waals surface area contributed by atoms with Gasteiger partial charge in [0, 0.05) is 28.7 Å². The lowest BCUT2D eigenvalue weighted by molar-refractivity contribution is 0.629. The van der Waals surface area contributed by atoms with Crippen LogP contribution in [0.25, 0.3) is 10.9 Å². The minimum absolute atomic E-state index is 0.210. The Hall–Kier alpha value is -1.80. The fraction of sp³-hybridized carbons (Fsp3) is 0.0667. The lowest BCUT2D eigenvalue weighted by Gasteiger charge is -2.07. The van der Waals surface area contributed by atoms with Crippen LogP contribution in [-0.4, -0.2) is 4.57 Å². The number of aromatic nitrogens is 1. The first-order chi connectivity index (χ1) is 8.74. The van der Waals surface area contributed by atoms with Crippen molar-refractivity contribution in [2.24, 2.45) is 0 Å². The van der Waals surface area contributed by atoms with Gasteiger partial charge in [0.2, 0.25) is 0 Å². The molecule has 1 nitrogen and oxygen atoms in total. The predicted molar refractivity (Wildman–Crippen MR) is 72.5 cm³/mol. The van der Waals surface area contributed by atoms with Crippen LogP contribution in [0.5, 0.6) is 0 Å². The van der Waals surface area contributed by atoms with Gasteiger partial charge in [0.25, 0.3) is 0 Å². The number of rotatable bonds is 2. The van der Waals surface area contributed by atoms with E-state index in [1.807, 2.05) is 36.5 Å². The first kappa shape index (κ1) is 11.3. The maximum atomic E-state index is 13.1. The Bertz CT molecular complexity index is 703. The van der Waals surface area contributed by atoms with Gasteiger partial charge in [0.1, 0.15) is 5.82 Å². The zero-order valence-corrected chi connectivity index (χ0v) is 10.4. The van der Waals surface area contributed by atoms with Gasteiger partial charge in [-0.1, -0.05) is 29.8 Å². The van der Waals surface area contributed by atoms with Crippen LogP contribution >= 0.6 is 11.6 Å². The summed E-state index contributed by atoms with van der Waals surface area (Å²) in [4.78, 5) is 0. The minimum atomic E-state index is -0.210. The van der Waals surface area contributed by atoms with E-state index < -0.39 is 0 Å². The maximum absolute atomic E-state index is 13.1. The van der Waals surface area contributed by atoms with Crippen molar-refractivity contribution in [1.29, 1.82) is 0 Å². The van der Waals surface area contributed by atoms with Gasteiger partial charge in [-0.3, -0.25) is 0 Å². The van der Waals surface area contributed by atoms with Crippen LogP contribution < -0.4 is 0 Å². The Morgan fingerprint density at radius 3 is 2.72 bits per heavy atom. The quantitative estimate of drug-likeness (QED) is 0.639. The van der Waals surface area contributed by atoms with Gasteiger partial charge < -0.3 is 4.57 Å². The lowest BCUT2D eigenvalue weighted by atomic mass is 10.2. The SMILES string of the molecule is Fc1ccc2c(ccn2Cc2ccccc2Cl)c1. The van der Waals surface area contributed by atoms with E-state index in [0.717, 1.165) is 21.5 Å². The van der Waals surface area contributed by atoms with Crippen LogP contribution in [0.2, 0.25) is 5.02 Å².